The lowest BCUT2D eigenvalue weighted by Gasteiger charge is -2.20. The van der Waals surface area contributed by atoms with Crippen molar-refractivity contribution >= 4 is 28.5 Å². The molecule has 2 heterocycles. The molecule has 1 aromatic heterocycles. The first kappa shape index (κ1) is 18.2. The molecule has 6 nitrogen and oxygen atoms in total. The molecule has 3 aromatic rings. The molecule has 1 saturated heterocycles. The number of benzene rings is 2. The highest BCUT2D eigenvalue weighted by molar-refractivity contribution is 6.00. The Hall–Kier alpha value is -3.15. The van der Waals surface area contributed by atoms with E-state index in [9.17, 15) is 9.59 Å². The minimum Gasteiger partial charge on any atom is -0.346 e. The van der Waals surface area contributed by atoms with Crippen LogP contribution in [0.4, 0.5) is 5.69 Å². The number of rotatable bonds is 5. The van der Waals surface area contributed by atoms with Crippen LogP contribution in [0.1, 0.15) is 37.7 Å². The number of aromatic amines is 1. The van der Waals surface area contributed by atoms with Crippen LogP contribution in [-0.2, 0) is 16.0 Å². The molecule has 2 atom stereocenters. The van der Waals surface area contributed by atoms with E-state index in [0.717, 1.165) is 28.7 Å². The van der Waals surface area contributed by atoms with E-state index in [1.807, 2.05) is 55.5 Å². The number of anilines is 1. The van der Waals surface area contributed by atoms with E-state index < -0.39 is 0 Å². The van der Waals surface area contributed by atoms with Crippen LogP contribution in [0.25, 0.3) is 11.0 Å². The zero-order valence-corrected chi connectivity index (χ0v) is 16.1. The number of carbonyl (C=O) groups is 2. The van der Waals surface area contributed by atoms with E-state index in [4.69, 9.17) is 0 Å². The number of carbonyl (C=O) groups excluding carboxylic acids is 2. The number of H-pyrrole nitrogens is 1. The van der Waals surface area contributed by atoms with Crippen LogP contribution in [-0.4, -0.2) is 28.3 Å². The molecule has 0 aliphatic carbocycles. The number of hydrogen-bond donors (Lipinski definition) is 2. The first-order valence-electron chi connectivity index (χ1n) is 9.70. The summed E-state index contributed by atoms with van der Waals surface area (Å²) >= 11 is 0. The van der Waals surface area contributed by atoms with Gasteiger partial charge in [-0.3, -0.25) is 9.59 Å². The summed E-state index contributed by atoms with van der Waals surface area (Å²) in [5.41, 5.74) is 3.84. The van der Waals surface area contributed by atoms with Crippen LogP contribution < -0.4 is 10.2 Å². The summed E-state index contributed by atoms with van der Waals surface area (Å²) < 4.78 is 0. The van der Waals surface area contributed by atoms with Crippen molar-refractivity contribution in [3.8, 4) is 0 Å². The van der Waals surface area contributed by atoms with Crippen molar-refractivity contribution < 1.29 is 9.59 Å². The Morgan fingerprint density at radius 2 is 2.00 bits per heavy atom. The lowest BCUT2D eigenvalue weighted by Crippen LogP contribution is -2.35. The monoisotopic (exact) mass is 376 g/mol. The standard InChI is InChI=1S/C22H24N4O2/c1-3-15-8-4-7-11-19(15)26-13-16(12-20(26)27)22(28)23-14(2)21-24-17-9-5-6-10-18(17)25-21/h4-11,14,16H,3,12-13H2,1-2H3,(H,23,28)(H,24,25). The topological polar surface area (TPSA) is 78.1 Å². The molecular weight excluding hydrogens is 352 g/mol. The Morgan fingerprint density at radius 1 is 1.25 bits per heavy atom. The first-order valence-corrected chi connectivity index (χ1v) is 9.70. The summed E-state index contributed by atoms with van der Waals surface area (Å²) in [7, 11) is 0. The fourth-order valence-corrected chi connectivity index (χ4v) is 3.77. The molecule has 0 radical (unpaired) electrons. The Morgan fingerprint density at radius 3 is 2.79 bits per heavy atom. The third kappa shape index (κ3) is 3.38. The fourth-order valence-electron chi connectivity index (χ4n) is 3.77. The molecule has 0 spiro atoms. The summed E-state index contributed by atoms with van der Waals surface area (Å²) in [6, 6.07) is 15.4. The van der Waals surface area contributed by atoms with Gasteiger partial charge >= 0.3 is 0 Å². The molecule has 2 amide bonds. The zero-order valence-electron chi connectivity index (χ0n) is 16.1. The number of aromatic nitrogens is 2. The number of nitrogens with zero attached hydrogens (tertiary/aromatic N) is 2. The van der Waals surface area contributed by atoms with Gasteiger partial charge in [-0.05, 0) is 37.1 Å². The van der Waals surface area contributed by atoms with E-state index in [2.05, 4.69) is 22.2 Å². The molecular formula is C22H24N4O2. The average Bonchev–Trinajstić information content (AvgIpc) is 3.31. The third-order valence-electron chi connectivity index (χ3n) is 5.34. The molecule has 4 rings (SSSR count). The van der Waals surface area contributed by atoms with Crippen molar-refractivity contribution in [2.45, 2.75) is 32.7 Å². The summed E-state index contributed by atoms with van der Waals surface area (Å²) in [6.45, 7) is 4.38. The third-order valence-corrected chi connectivity index (χ3v) is 5.34. The smallest absolute Gasteiger partial charge is 0.227 e. The molecule has 0 saturated carbocycles. The lowest BCUT2D eigenvalue weighted by atomic mass is 10.1. The molecule has 1 aliphatic rings. The molecule has 2 unspecified atom stereocenters. The number of fused-ring (bicyclic) bond motifs is 1. The second-order valence-electron chi connectivity index (χ2n) is 7.26. The van der Waals surface area contributed by atoms with Gasteiger partial charge in [-0.1, -0.05) is 37.3 Å². The highest BCUT2D eigenvalue weighted by atomic mass is 16.2. The SMILES string of the molecule is CCc1ccccc1N1CC(C(=O)NC(C)c2nc3ccccc3[nH]2)CC1=O. The van der Waals surface area contributed by atoms with Crippen molar-refractivity contribution in [1.82, 2.24) is 15.3 Å². The van der Waals surface area contributed by atoms with Crippen LogP contribution in [0.15, 0.2) is 48.5 Å². The number of hydrogen-bond acceptors (Lipinski definition) is 3. The minimum atomic E-state index is -0.357. The maximum Gasteiger partial charge on any atom is 0.227 e. The number of aryl methyl sites for hydroxylation is 1. The van der Waals surface area contributed by atoms with Gasteiger partial charge in [0.15, 0.2) is 0 Å². The van der Waals surface area contributed by atoms with Crippen molar-refractivity contribution in [2.75, 3.05) is 11.4 Å². The average molecular weight is 376 g/mol. The summed E-state index contributed by atoms with van der Waals surface area (Å²) in [5.74, 6) is 0.242. The van der Waals surface area contributed by atoms with Gasteiger partial charge in [0.1, 0.15) is 5.82 Å². The van der Waals surface area contributed by atoms with Gasteiger partial charge in [-0.15, -0.1) is 0 Å². The Labute approximate surface area is 164 Å². The van der Waals surface area contributed by atoms with Crippen LogP contribution >= 0.6 is 0 Å². The van der Waals surface area contributed by atoms with E-state index in [-0.39, 0.29) is 30.2 Å². The van der Waals surface area contributed by atoms with Crippen molar-refractivity contribution in [3.05, 3.63) is 59.9 Å². The number of para-hydroxylation sites is 3. The predicted octanol–water partition coefficient (Wildman–Crippen LogP) is 3.36. The Bertz CT molecular complexity index is 993. The van der Waals surface area contributed by atoms with Gasteiger partial charge in [0, 0.05) is 18.7 Å². The lowest BCUT2D eigenvalue weighted by molar-refractivity contribution is -0.126. The van der Waals surface area contributed by atoms with Gasteiger partial charge in [0.25, 0.3) is 0 Å². The summed E-state index contributed by atoms with van der Waals surface area (Å²) in [4.78, 5) is 34.9. The minimum absolute atomic E-state index is 0.00237. The van der Waals surface area contributed by atoms with Crippen molar-refractivity contribution in [3.63, 3.8) is 0 Å². The zero-order chi connectivity index (χ0) is 19.7. The maximum atomic E-state index is 12.8. The van der Waals surface area contributed by atoms with E-state index in [1.165, 1.54) is 0 Å². The van der Waals surface area contributed by atoms with E-state index >= 15 is 0 Å². The van der Waals surface area contributed by atoms with Crippen LogP contribution in [0, 0.1) is 5.92 Å². The summed E-state index contributed by atoms with van der Waals surface area (Å²) in [5, 5.41) is 3.01. The van der Waals surface area contributed by atoms with Crippen LogP contribution in [0.2, 0.25) is 0 Å². The highest BCUT2D eigenvalue weighted by Crippen LogP contribution is 2.29. The van der Waals surface area contributed by atoms with Gasteiger partial charge < -0.3 is 15.2 Å². The number of nitrogens with one attached hydrogen (secondary N) is 2. The van der Waals surface area contributed by atoms with Crippen LogP contribution in [0.5, 0.6) is 0 Å². The summed E-state index contributed by atoms with van der Waals surface area (Å²) in [6.07, 6.45) is 1.08. The van der Waals surface area contributed by atoms with Gasteiger partial charge in [-0.2, -0.15) is 0 Å². The van der Waals surface area contributed by atoms with Gasteiger partial charge in [0.2, 0.25) is 11.8 Å². The van der Waals surface area contributed by atoms with Crippen LogP contribution in [0.3, 0.4) is 0 Å². The highest BCUT2D eigenvalue weighted by Gasteiger charge is 2.36. The normalized spacial score (nSPS) is 17.9. The largest absolute Gasteiger partial charge is 0.346 e. The molecule has 2 N–H and O–H groups in total. The molecule has 2 aromatic carbocycles. The molecule has 144 valence electrons. The predicted molar refractivity (Wildman–Crippen MR) is 109 cm³/mol. The number of amides is 2. The van der Waals surface area contributed by atoms with Crippen molar-refractivity contribution in [2.24, 2.45) is 5.92 Å². The second-order valence-corrected chi connectivity index (χ2v) is 7.26. The van der Waals surface area contributed by atoms with Crippen molar-refractivity contribution in [1.29, 1.82) is 0 Å². The molecule has 1 aliphatic heterocycles. The molecule has 1 fully saturated rings. The quantitative estimate of drug-likeness (QED) is 0.717. The van der Waals surface area contributed by atoms with Gasteiger partial charge in [-0.25, -0.2) is 4.98 Å². The van der Waals surface area contributed by atoms with Gasteiger partial charge in [0.05, 0.1) is 23.0 Å². The van der Waals surface area contributed by atoms with E-state index in [1.54, 1.807) is 4.90 Å². The Balaban J connectivity index is 1.46. The molecule has 0 bridgehead atoms. The fraction of sp³-hybridized carbons (Fsp3) is 0.318. The molecule has 6 heteroatoms. The number of imidazole rings is 1. The second kappa shape index (κ2) is 7.46. The maximum absolute atomic E-state index is 12.8. The van der Waals surface area contributed by atoms with E-state index in [0.29, 0.717) is 12.4 Å². The molecule has 28 heavy (non-hydrogen) atoms. The first-order chi connectivity index (χ1) is 13.6. The Kier molecular flexibility index (Phi) is 4.86.